The van der Waals surface area contributed by atoms with Gasteiger partial charge in [-0.1, -0.05) is 19.8 Å². The van der Waals surface area contributed by atoms with Crippen LogP contribution in [0.25, 0.3) is 0 Å². The van der Waals surface area contributed by atoms with Gasteiger partial charge in [0.25, 0.3) is 0 Å². The van der Waals surface area contributed by atoms with Crippen LogP contribution in [0.3, 0.4) is 0 Å². The average Bonchev–Trinajstić information content (AvgIpc) is 2.73. The fourth-order valence-electron chi connectivity index (χ4n) is 2.05. The Balaban J connectivity index is 2.11. The molecule has 2 rings (SSSR count). The molecule has 1 atom stereocenters. The van der Waals surface area contributed by atoms with Crippen LogP contribution >= 0.6 is 0 Å². The molecule has 0 fully saturated rings. The Bertz CT molecular complexity index is 426. The van der Waals surface area contributed by atoms with Gasteiger partial charge >= 0.3 is 0 Å². The fraction of sp³-hybridized carbons (Fsp3) is 0.500. The number of primary amides is 1. The average molecular weight is 249 g/mol. The van der Waals surface area contributed by atoms with E-state index in [2.05, 4.69) is 12.0 Å². The van der Waals surface area contributed by atoms with Gasteiger partial charge in [-0.2, -0.15) is 5.10 Å². The van der Waals surface area contributed by atoms with E-state index in [0.717, 1.165) is 18.8 Å². The summed E-state index contributed by atoms with van der Waals surface area (Å²) < 4.78 is 0. The van der Waals surface area contributed by atoms with Crippen molar-refractivity contribution in [2.45, 2.75) is 32.4 Å². The molecule has 4 N–H and O–H groups in total. The van der Waals surface area contributed by atoms with Crippen LogP contribution in [-0.2, 0) is 4.79 Å². The lowest BCUT2D eigenvalue weighted by Crippen LogP contribution is -2.40. The van der Waals surface area contributed by atoms with Crippen molar-refractivity contribution in [3.8, 4) is 0 Å². The molecule has 1 unspecified atom stereocenters. The molecule has 18 heavy (non-hydrogen) atoms. The van der Waals surface area contributed by atoms with Crippen LogP contribution < -0.4 is 11.5 Å². The number of unbranched alkanes of at least 4 members (excludes halogenated alkanes) is 2. The summed E-state index contributed by atoms with van der Waals surface area (Å²) in [4.78, 5) is 13.2. The molecule has 98 valence electrons. The molecule has 0 aromatic rings. The zero-order chi connectivity index (χ0) is 13.1. The van der Waals surface area contributed by atoms with Gasteiger partial charge in [-0.05, 0) is 18.6 Å². The predicted molar refractivity (Wildman–Crippen MR) is 69.9 cm³/mol. The van der Waals surface area contributed by atoms with Gasteiger partial charge in [0.05, 0.1) is 0 Å². The Morgan fingerprint density at radius 3 is 2.94 bits per heavy atom. The molecule has 0 bridgehead atoms. The first kappa shape index (κ1) is 12.6. The van der Waals surface area contributed by atoms with Gasteiger partial charge in [0.15, 0.2) is 0 Å². The van der Waals surface area contributed by atoms with Crippen molar-refractivity contribution in [2.24, 2.45) is 16.6 Å². The molecule has 2 aliphatic rings. The second-order valence-corrected chi connectivity index (χ2v) is 4.46. The van der Waals surface area contributed by atoms with Crippen LogP contribution in [0.15, 0.2) is 28.6 Å². The Kier molecular flexibility index (Phi) is 3.66. The van der Waals surface area contributed by atoms with Gasteiger partial charge < -0.3 is 16.4 Å². The van der Waals surface area contributed by atoms with E-state index in [-0.39, 0.29) is 0 Å². The number of rotatable bonds is 5. The monoisotopic (exact) mass is 249 g/mol. The van der Waals surface area contributed by atoms with Crippen molar-refractivity contribution in [3.63, 3.8) is 0 Å². The first-order chi connectivity index (χ1) is 8.63. The van der Waals surface area contributed by atoms with E-state index in [4.69, 9.17) is 11.5 Å². The number of hydrogen-bond donors (Lipinski definition) is 2. The summed E-state index contributed by atoms with van der Waals surface area (Å²) in [6.45, 7) is 3.03. The molecule has 0 aliphatic carbocycles. The standard InChI is InChI=1S/C12H19N5O/c1-2-3-4-5-16-8-15-17-10(13)6-9(12(14)18)7-11(16)17/h6-8,10H,2-5,13H2,1H3,(H2,14,18). The number of amides is 1. The number of carbonyl (C=O) groups excluding carboxylic acids is 1. The van der Waals surface area contributed by atoms with E-state index in [0.29, 0.717) is 5.57 Å². The van der Waals surface area contributed by atoms with Crippen LogP contribution in [0.2, 0.25) is 0 Å². The number of hydrogen-bond acceptors (Lipinski definition) is 5. The Labute approximate surface area is 107 Å². The highest BCUT2D eigenvalue weighted by Crippen LogP contribution is 2.25. The van der Waals surface area contributed by atoms with E-state index < -0.39 is 12.1 Å². The molecule has 0 radical (unpaired) electrons. The largest absolute Gasteiger partial charge is 0.366 e. The third kappa shape index (κ3) is 2.38. The van der Waals surface area contributed by atoms with Gasteiger partial charge in [0.1, 0.15) is 18.3 Å². The summed E-state index contributed by atoms with van der Waals surface area (Å²) in [5.41, 5.74) is 11.7. The molecule has 2 heterocycles. The van der Waals surface area contributed by atoms with Crippen molar-refractivity contribution in [1.29, 1.82) is 0 Å². The number of fused-ring (bicyclic) bond motifs is 1. The number of hydrazone groups is 1. The van der Waals surface area contributed by atoms with Crippen molar-refractivity contribution in [1.82, 2.24) is 9.91 Å². The minimum absolute atomic E-state index is 0.431. The summed E-state index contributed by atoms with van der Waals surface area (Å²) in [5.74, 6) is 0.368. The smallest absolute Gasteiger partial charge is 0.248 e. The molecule has 0 saturated carbocycles. The first-order valence-electron chi connectivity index (χ1n) is 6.22. The zero-order valence-corrected chi connectivity index (χ0v) is 10.5. The Morgan fingerprint density at radius 1 is 1.50 bits per heavy atom. The number of carbonyl (C=O) groups is 1. The maximum atomic E-state index is 11.2. The summed E-state index contributed by atoms with van der Waals surface area (Å²) in [5, 5.41) is 5.93. The second-order valence-electron chi connectivity index (χ2n) is 4.46. The van der Waals surface area contributed by atoms with Crippen molar-refractivity contribution in [3.05, 3.63) is 23.5 Å². The highest BCUT2D eigenvalue weighted by molar-refractivity contribution is 5.95. The zero-order valence-electron chi connectivity index (χ0n) is 10.5. The number of nitrogens with zero attached hydrogens (tertiary/aromatic N) is 3. The first-order valence-corrected chi connectivity index (χ1v) is 6.22. The third-order valence-corrected chi connectivity index (χ3v) is 3.05. The molecule has 0 aromatic heterocycles. The summed E-state index contributed by atoms with van der Waals surface area (Å²) in [6.07, 6.45) is 8.10. The lowest BCUT2D eigenvalue weighted by atomic mass is 10.1. The molecule has 6 nitrogen and oxygen atoms in total. The highest BCUT2D eigenvalue weighted by atomic mass is 16.1. The lowest BCUT2D eigenvalue weighted by Gasteiger charge is -2.29. The highest BCUT2D eigenvalue weighted by Gasteiger charge is 2.29. The van der Waals surface area contributed by atoms with Gasteiger partial charge in [-0.25, -0.2) is 5.01 Å². The van der Waals surface area contributed by atoms with Crippen LogP contribution in [0, 0.1) is 0 Å². The third-order valence-electron chi connectivity index (χ3n) is 3.05. The van der Waals surface area contributed by atoms with E-state index in [1.54, 1.807) is 23.5 Å². The van der Waals surface area contributed by atoms with Crippen LogP contribution in [-0.4, -0.2) is 34.9 Å². The van der Waals surface area contributed by atoms with Crippen LogP contribution in [0.4, 0.5) is 0 Å². The molecule has 0 spiro atoms. The minimum atomic E-state index is -0.460. The maximum Gasteiger partial charge on any atom is 0.248 e. The molecular formula is C12H19N5O. The second kappa shape index (κ2) is 5.22. The van der Waals surface area contributed by atoms with Crippen molar-refractivity contribution < 1.29 is 4.79 Å². The molecule has 1 amide bonds. The Morgan fingerprint density at radius 2 is 2.28 bits per heavy atom. The molecular weight excluding hydrogens is 230 g/mol. The van der Waals surface area contributed by atoms with Gasteiger partial charge in [0, 0.05) is 12.1 Å². The van der Waals surface area contributed by atoms with E-state index in [1.807, 2.05) is 4.90 Å². The van der Waals surface area contributed by atoms with Gasteiger partial charge in [0.2, 0.25) is 5.91 Å². The Hall–Kier alpha value is -1.82. The summed E-state index contributed by atoms with van der Waals surface area (Å²) in [6, 6.07) is 0. The van der Waals surface area contributed by atoms with Gasteiger partial charge in [-0.3, -0.25) is 4.79 Å². The quantitative estimate of drug-likeness (QED) is 0.685. The van der Waals surface area contributed by atoms with Gasteiger partial charge in [-0.15, -0.1) is 0 Å². The van der Waals surface area contributed by atoms with Crippen molar-refractivity contribution >= 4 is 12.2 Å². The molecule has 2 aliphatic heterocycles. The molecule has 6 heteroatoms. The number of nitrogens with two attached hydrogens (primary N) is 2. The topological polar surface area (TPSA) is 88.0 Å². The normalized spacial score (nSPS) is 21.8. The van der Waals surface area contributed by atoms with E-state index in [9.17, 15) is 4.79 Å². The van der Waals surface area contributed by atoms with E-state index in [1.165, 1.54) is 12.8 Å². The molecule has 0 aromatic carbocycles. The lowest BCUT2D eigenvalue weighted by molar-refractivity contribution is -0.114. The van der Waals surface area contributed by atoms with E-state index >= 15 is 0 Å². The summed E-state index contributed by atoms with van der Waals surface area (Å²) in [7, 11) is 0. The van der Waals surface area contributed by atoms with Crippen LogP contribution in [0.1, 0.15) is 26.2 Å². The fourth-order valence-corrected chi connectivity index (χ4v) is 2.05. The summed E-state index contributed by atoms with van der Waals surface area (Å²) >= 11 is 0. The predicted octanol–water partition coefficient (Wildman–Crippen LogP) is 0.289. The van der Waals surface area contributed by atoms with Crippen molar-refractivity contribution in [2.75, 3.05) is 6.54 Å². The minimum Gasteiger partial charge on any atom is -0.366 e. The molecule has 0 saturated heterocycles. The SMILES string of the molecule is CCCCCN1C=NN2C1=CC(C(N)=O)=CC2N. The van der Waals surface area contributed by atoms with Crippen LogP contribution in [0.5, 0.6) is 0 Å². The maximum absolute atomic E-state index is 11.2.